The van der Waals surface area contributed by atoms with E-state index in [1.165, 1.54) is 14.2 Å². The summed E-state index contributed by atoms with van der Waals surface area (Å²) in [5.74, 6) is -0.644. The van der Waals surface area contributed by atoms with Crippen molar-refractivity contribution in [3.8, 4) is 11.5 Å². The Morgan fingerprint density at radius 2 is 1.88 bits per heavy atom. The minimum Gasteiger partial charge on any atom is -0.493 e. The molecule has 1 aliphatic heterocycles. The third-order valence-corrected chi connectivity index (χ3v) is 5.97. The largest absolute Gasteiger partial charge is 0.493 e. The van der Waals surface area contributed by atoms with Crippen molar-refractivity contribution in [2.45, 2.75) is 43.0 Å². The van der Waals surface area contributed by atoms with Crippen LogP contribution >= 0.6 is 0 Å². The van der Waals surface area contributed by atoms with Crippen molar-refractivity contribution in [2.24, 2.45) is 5.92 Å². The lowest BCUT2D eigenvalue weighted by molar-refractivity contribution is -0.217. The molecule has 0 amide bonds. The van der Waals surface area contributed by atoms with Gasteiger partial charge in [0.15, 0.2) is 11.5 Å². The molecule has 4 nitrogen and oxygen atoms in total. The molecule has 0 radical (unpaired) electrons. The molecule has 1 aromatic rings. The van der Waals surface area contributed by atoms with Gasteiger partial charge in [-0.15, -0.1) is 0 Å². The Morgan fingerprint density at radius 3 is 2.48 bits per heavy atom. The molecule has 1 heterocycles. The average Bonchev–Trinajstić information content (AvgIpc) is 2.90. The summed E-state index contributed by atoms with van der Waals surface area (Å²) in [5.41, 5.74) is 0.175. The smallest absolute Gasteiger partial charge is 0.394 e. The van der Waals surface area contributed by atoms with Crippen molar-refractivity contribution in [3.05, 3.63) is 23.8 Å². The first-order valence-electron chi connectivity index (χ1n) is 8.40. The van der Waals surface area contributed by atoms with E-state index in [0.29, 0.717) is 24.5 Å². The van der Waals surface area contributed by atoms with Crippen LogP contribution in [0.4, 0.5) is 13.2 Å². The molecule has 1 saturated carbocycles. The zero-order valence-corrected chi connectivity index (χ0v) is 14.6. The fraction of sp³-hybridized carbons (Fsp3) is 0.667. The van der Waals surface area contributed by atoms with Crippen molar-refractivity contribution in [2.75, 3.05) is 27.8 Å². The molecule has 7 heteroatoms. The minimum atomic E-state index is -4.41. The molecule has 140 valence electrons. The second kappa shape index (κ2) is 6.36. The van der Waals surface area contributed by atoms with Gasteiger partial charge in [0, 0.05) is 11.5 Å². The van der Waals surface area contributed by atoms with Crippen molar-refractivity contribution in [3.63, 3.8) is 0 Å². The van der Waals surface area contributed by atoms with Gasteiger partial charge in [-0.2, -0.15) is 13.2 Å². The van der Waals surface area contributed by atoms with Crippen molar-refractivity contribution >= 4 is 0 Å². The highest BCUT2D eigenvalue weighted by Gasteiger charge is 2.59. The molecule has 25 heavy (non-hydrogen) atoms. The number of aliphatic hydroxyl groups is 1. The quantitative estimate of drug-likeness (QED) is 0.901. The molecule has 3 rings (SSSR count). The Balaban J connectivity index is 2.06. The number of methoxy groups -OCH3 is 2. The first kappa shape index (κ1) is 18.3. The molecule has 2 fully saturated rings. The van der Waals surface area contributed by atoms with Gasteiger partial charge < -0.3 is 19.5 Å². The summed E-state index contributed by atoms with van der Waals surface area (Å²) < 4.78 is 51.0. The normalized spacial score (nSPS) is 33.2. The second-order valence-corrected chi connectivity index (χ2v) is 7.13. The monoisotopic (exact) mass is 359 g/mol. The number of nitrogens with zero attached hydrogens (tertiary/aromatic N) is 1. The van der Waals surface area contributed by atoms with Gasteiger partial charge in [-0.25, -0.2) is 0 Å². The van der Waals surface area contributed by atoms with Crippen LogP contribution in [0.15, 0.2) is 18.2 Å². The van der Waals surface area contributed by atoms with Gasteiger partial charge in [0.05, 0.1) is 26.2 Å². The van der Waals surface area contributed by atoms with Crippen LogP contribution in [0, 0.1) is 5.92 Å². The Bertz CT molecular complexity index is 636. The Labute approximate surface area is 145 Å². The Kier molecular flexibility index (Phi) is 4.66. The van der Waals surface area contributed by atoms with Crippen molar-refractivity contribution < 1.29 is 27.8 Å². The van der Waals surface area contributed by atoms with E-state index in [4.69, 9.17) is 9.47 Å². The lowest BCUT2D eigenvalue weighted by Crippen LogP contribution is -2.54. The summed E-state index contributed by atoms with van der Waals surface area (Å²) >= 11 is 0. The third kappa shape index (κ3) is 2.97. The number of fused-ring (bicyclic) bond motifs is 1. The number of ether oxygens (including phenoxy) is 2. The molecule has 2 aliphatic rings. The van der Waals surface area contributed by atoms with E-state index in [1.807, 2.05) is 13.1 Å². The van der Waals surface area contributed by atoms with Crippen LogP contribution in [0.25, 0.3) is 0 Å². The van der Waals surface area contributed by atoms with E-state index in [0.717, 1.165) is 5.56 Å². The van der Waals surface area contributed by atoms with Crippen LogP contribution in [-0.4, -0.2) is 56.1 Å². The molecular weight excluding hydrogens is 335 g/mol. The number of likely N-dealkylation sites (tertiary alicyclic amines) is 1. The van der Waals surface area contributed by atoms with E-state index < -0.39 is 23.6 Å². The zero-order valence-electron chi connectivity index (χ0n) is 14.6. The fourth-order valence-corrected chi connectivity index (χ4v) is 4.62. The number of halogens is 3. The second-order valence-electron chi connectivity index (χ2n) is 7.13. The van der Waals surface area contributed by atoms with Gasteiger partial charge in [0.1, 0.15) is 0 Å². The number of aliphatic hydroxyl groups excluding tert-OH is 1. The van der Waals surface area contributed by atoms with Gasteiger partial charge in [-0.3, -0.25) is 0 Å². The summed E-state index contributed by atoms with van der Waals surface area (Å²) in [6.45, 7) is 0.705. The zero-order chi connectivity index (χ0) is 18.4. The molecular formula is C18H24F3NO3. The van der Waals surface area contributed by atoms with Crippen LogP contribution in [0.2, 0.25) is 0 Å². The summed E-state index contributed by atoms with van der Waals surface area (Å²) in [5, 5.41) is 10.1. The maximum atomic E-state index is 13.5. The van der Waals surface area contributed by atoms with E-state index in [2.05, 4.69) is 4.90 Å². The number of rotatable bonds is 3. The highest BCUT2D eigenvalue weighted by molar-refractivity contribution is 5.46. The van der Waals surface area contributed by atoms with Gasteiger partial charge in [0.2, 0.25) is 0 Å². The number of hydrogen-bond donors (Lipinski definition) is 1. The lowest BCUT2D eigenvalue weighted by atomic mass is 9.62. The maximum Gasteiger partial charge on any atom is 0.394 e. The molecule has 0 bridgehead atoms. The van der Waals surface area contributed by atoms with Gasteiger partial charge in [-0.1, -0.05) is 6.07 Å². The number of benzene rings is 1. The van der Waals surface area contributed by atoms with Crippen molar-refractivity contribution in [1.29, 1.82) is 0 Å². The van der Waals surface area contributed by atoms with Gasteiger partial charge >= 0.3 is 6.18 Å². The summed E-state index contributed by atoms with van der Waals surface area (Å²) in [4.78, 5) is 2.06. The predicted molar refractivity (Wildman–Crippen MR) is 87.0 cm³/mol. The Morgan fingerprint density at radius 1 is 1.20 bits per heavy atom. The van der Waals surface area contributed by atoms with Crippen LogP contribution in [0.3, 0.4) is 0 Å². The molecule has 0 spiro atoms. The van der Waals surface area contributed by atoms with E-state index >= 15 is 0 Å². The highest BCUT2D eigenvalue weighted by Crippen LogP contribution is 2.54. The van der Waals surface area contributed by atoms with E-state index in [-0.39, 0.29) is 18.9 Å². The lowest BCUT2D eigenvalue weighted by Gasteiger charge is -2.47. The SMILES string of the molecule is COc1ccc([C@]23CCN(C)C2C[C@@H](O)[C@@H](C(F)(F)F)C3)cc1OC. The van der Waals surface area contributed by atoms with Crippen LogP contribution in [0.1, 0.15) is 24.8 Å². The standard InChI is InChI=1S/C18H24F3NO3/c1-22-7-6-17(11-4-5-14(24-2)15(8-11)25-3)10-12(18(19,20)21)13(23)9-16(17)22/h4-5,8,12-13,16,23H,6-7,9-10H2,1-3H3/t12-,13+,16?,17+/m0/s1. The molecule has 1 aliphatic carbocycles. The fourth-order valence-electron chi connectivity index (χ4n) is 4.62. The summed E-state index contributed by atoms with van der Waals surface area (Å²) in [6.07, 6.45) is -5.13. The summed E-state index contributed by atoms with van der Waals surface area (Å²) in [6, 6.07) is 5.24. The third-order valence-electron chi connectivity index (χ3n) is 5.97. The van der Waals surface area contributed by atoms with Gasteiger partial charge in [0.25, 0.3) is 0 Å². The summed E-state index contributed by atoms with van der Waals surface area (Å²) in [7, 11) is 4.95. The molecule has 1 saturated heterocycles. The average molecular weight is 359 g/mol. The minimum absolute atomic E-state index is 0.109. The van der Waals surface area contributed by atoms with E-state index in [1.54, 1.807) is 12.1 Å². The van der Waals surface area contributed by atoms with E-state index in [9.17, 15) is 18.3 Å². The maximum absolute atomic E-state index is 13.5. The molecule has 4 atom stereocenters. The number of alkyl halides is 3. The molecule has 1 N–H and O–H groups in total. The first-order valence-corrected chi connectivity index (χ1v) is 8.40. The Hall–Kier alpha value is -1.47. The highest BCUT2D eigenvalue weighted by atomic mass is 19.4. The number of hydrogen-bond acceptors (Lipinski definition) is 4. The van der Waals surface area contributed by atoms with Gasteiger partial charge in [-0.05, 0) is 50.6 Å². The van der Waals surface area contributed by atoms with Crippen LogP contribution in [-0.2, 0) is 5.41 Å². The predicted octanol–water partition coefficient (Wildman–Crippen LogP) is 2.98. The molecule has 1 aromatic carbocycles. The number of likely N-dealkylation sites (N-methyl/N-ethyl adjacent to an activating group) is 1. The first-order chi connectivity index (χ1) is 11.7. The molecule has 0 aromatic heterocycles. The van der Waals surface area contributed by atoms with Crippen LogP contribution in [0.5, 0.6) is 11.5 Å². The van der Waals surface area contributed by atoms with Crippen molar-refractivity contribution in [1.82, 2.24) is 4.90 Å². The topological polar surface area (TPSA) is 41.9 Å². The van der Waals surface area contributed by atoms with Crippen LogP contribution < -0.4 is 9.47 Å². The molecule has 1 unspecified atom stereocenters.